The Kier molecular flexibility index (Phi) is 13.2. The van der Waals surface area contributed by atoms with Gasteiger partial charge in [0.2, 0.25) is 5.91 Å². The molecule has 3 nitrogen and oxygen atoms in total. The number of anilines is 1. The van der Waals surface area contributed by atoms with Crippen LogP contribution in [0, 0.1) is 20.8 Å². The second kappa shape index (κ2) is 15.9. The highest BCUT2D eigenvalue weighted by atomic mass is 32.2. The summed E-state index contributed by atoms with van der Waals surface area (Å²) in [6.45, 7) is 8.51. The maximum atomic E-state index is 13.4. The molecule has 34 heavy (non-hydrogen) atoms. The van der Waals surface area contributed by atoms with Crippen molar-refractivity contribution in [2.75, 3.05) is 18.2 Å². The molecule has 1 atom stereocenters. The van der Waals surface area contributed by atoms with Gasteiger partial charge in [-0.1, -0.05) is 82.9 Å². The average molecular weight is 484 g/mol. The van der Waals surface area contributed by atoms with E-state index in [1.165, 1.54) is 63.4 Å². The molecule has 1 N–H and O–H groups in total. The molecule has 0 heterocycles. The number of carbonyl (C=O) groups excluding carboxylic acids is 1. The van der Waals surface area contributed by atoms with E-state index in [0.29, 0.717) is 0 Å². The van der Waals surface area contributed by atoms with Crippen molar-refractivity contribution in [2.24, 2.45) is 0 Å². The van der Waals surface area contributed by atoms with Crippen molar-refractivity contribution in [3.8, 4) is 5.75 Å². The summed E-state index contributed by atoms with van der Waals surface area (Å²) in [5, 5.41) is 2.99. The molecule has 0 aliphatic rings. The molecule has 0 aromatic heterocycles. The van der Waals surface area contributed by atoms with Crippen LogP contribution in [-0.2, 0) is 4.79 Å². The van der Waals surface area contributed by atoms with Crippen LogP contribution in [-0.4, -0.2) is 18.8 Å². The summed E-state index contributed by atoms with van der Waals surface area (Å²) in [5.41, 5.74) is 5.44. The number of aryl methyl sites for hydroxylation is 2. The number of unbranched alkanes of at least 4 members (excludes halogenated alkanes) is 9. The SMILES string of the molecule is CCCCCCCCCCCCSC(C(=O)Nc1cc(C)cc(C)c1C)c1ccc(OC)cc1. The second-order valence-corrected chi connectivity index (χ2v) is 10.7. The van der Waals surface area contributed by atoms with Gasteiger partial charge < -0.3 is 10.1 Å². The molecule has 0 spiro atoms. The maximum Gasteiger partial charge on any atom is 0.242 e. The lowest BCUT2D eigenvalue weighted by molar-refractivity contribution is -0.115. The Balaban J connectivity index is 1.90. The van der Waals surface area contributed by atoms with E-state index < -0.39 is 0 Å². The van der Waals surface area contributed by atoms with Crippen LogP contribution in [0.4, 0.5) is 5.69 Å². The zero-order valence-corrected chi connectivity index (χ0v) is 22.9. The Morgan fingerprint density at radius 3 is 2.06 bits per heavy atom. The Morgan fingerprint density at radius 2 is 1.47 bits per heavy atom. The summed E-state index contributed by atoms with van der Waals surface area (Å²) in [6, 6.07) is 12.1. The van der Waals surface area contributed by atoms with Gasteiger partial charge in [0.05, 0.1) is 7.11 Å². The van der Waals surface area contributed by atoms with Crippen molar-refractivity contribution in [1.29, 1.82) is 0 Å². The van der Waals surface area contributed by atoms with Crippen molar-refractivity contribution in [1.82, 2.24) is 0 Å². The largest absolute Gasteiger partial charge is 0.497 e. The third-order valence-electron chi connectivity index (χ3n) is 6.51. The summed E-state index contributed by atoms with van der Waals surface area (Å²) >= 11 is 1.75. The number of amides is 1. The lowest BCUT2D eigenvalue weighted by atomic mass is 10.0. The number of benzene rings is 2. The summed E-state index contributed by atoms with van der Waals surface area (Å²) < 4.78 is 5.31. The summed E-state index contributed by atoms with van der Waals surface area (Å²) in [5.74, 6) is 1.86. The van der Waals surface area contributed by atoms with Crippen LogP contribution >= 0.6 is 11.8 Å². The van der Waals surface area contributed by atoms with E-state index in [0.717, 1.165) is 40.3 Å². The van der Waals surface area contributed by atoms with Crippen molar-refractivity contribution in [2.45, 2.75) is 97.2 Å². The number of hydrogen-bond acceptors (Lipinski definition) is 3. The third kappa shape index (κ3) is 9.74. The Bertz CT molecular complexity index is 863. The quantitative estimate of drug-likeness (QED) is 0.242. The van der Waals surface area contributed by atoms with E-state index >= 15 is 0 Å². The van der Waals surface area contributed by atoms with E-state index in [1.807, 2.05) is 24.3 Å². The molecule has 0 fully saturated rings. The highest BCUT2D eigenvalue weighted by molar-refractivity contribution is 8.00. The minimum atomic E-state index is -0.232. The molecule has 4 heteroatoms. The van der Waals surface area contributed by atoms with Crippen LogP contribution < -0.4 is 10.1 Å². The molecule has 0 radical (unpaired) electrons. The van der Waals surface area contributed by atoms with Crippen LogP contribution in [0.5, 0.6) is 5.75 Å². The zero-order valence-electron chi connectivity index (χ0n) is 22.0. The van der Waals surface area contributed by atoms with Crippen LogP contribution in [0.2, 0.25) is 0 Å². The maximum absolute atomic E-state index is 13.4. The molecule has 0 aliphatic heterocycles. The topological polar surface area (TPSA) is 38.3 Å². The van der Waals surface area contributed by atoms with Crippen molar-refractivity contribution in [3.05, 3.63) is 58.7 Å². The second-order valence-electron chi connectivity index (χ2n) is 9.45. The fourth-order valence-electron chi connectivity index (χ4n) is 4.26. The van der Waals surface area contributed by atoms with Crippen LogP contribution in [0.25, 0.3) is 0 Å². The first kappa shape index (κ1) is 28.3. The molecule has 2 rings (SSSR count). The minimum absolute atomic E-state index is 0.0512. The monoisotopic (exact) mass is 483 g/mol. The van der Waals surface area contributed by atoms with Crippen molar-refractivity contribution < 1.29 is 9.53 Å². The van der Waals surface area contributed by atoms with Crippen molar-refractivity contribution >= 4 is 23.4 Å². The molecule has 1 unspecified atom stereocenters. The van der Waals surface area contributed by atoms with Crippen molar-refractivity contribution in [3.63, 3.8) is 0 Å². The van der Waals surface area contributed by atoms with Gasteiger partial charge in [-0.05, 0) is 73.4 Å². The third-order valence-corrected chi connectivity index (χ3v) is 7.85. The summed E-state index contributed by atoms with van der Waals surface area (Å²) in [7, 11) is 1.67. The standard InChI is InChI=1S/C30H45NO2S/c1-6-7-8-9-10-11-12-13-14-15-20-34-29(26-16-18-27(33-5)19-17-26)30(32)31-28-22-23(2)21-24(3)25(28)4/h16-19,21-22,29H,6-15,20H2,1-5H3,(H,31,32). The lowest BCUT2D eigenvalue weighted by Crippen LogP contribution is -2.20. The smallest absolute Gasteiger partial charge is 0.242 e. The average Bonchev–Trinajstić information content (AvgIpc) is 2.83. The molecule has 0 saturated carbocycles. The van der Waals surface area contributed by atoms with Gasteiger partial charge in [0.15, 0.2) is 0 Å². The fourth-order valence-corrected chi connectivity index (χ4v) is 5.43. The first-order chi connectivity index (χ1) is 16.5. The molecule has 2 aromatic carbocycles. The predicted octanol–water partition coefficient (Wildman–Crippen LogP) is 8.95. The Labute approximate surface area is 212 Å². The number of hydrogen-bond donors (Lipinski definition) is 1. The van der Waals surface area contributed by atoms with Gasteiger partial charge in [-0.2, -0.15) is 0 Å². The number of thioether (sulfide) groups is 1. The number of nitrogens with one attached hydrogen (secondary N) is 1. The van der Waals surface area contributed by atoms with Gasteiger partial charge in [0.1, 0.15) is 11.0 Å². The molecule has 0 saturated heterocycles. The van der Waals surface area contributed by atoms with Crippen LogP contribution in [0.15, 0.2) is 36.4 Å². The number of methoxy groups -OCH3 is 1. The summed E-state index contributed by atoms with van der Waals surface area (Å²) in [6.07, 6.45) is 13.3. The van der Waals surface area contributed by atoms with Gasteiger partial charge in [-0.15, -0.1) is 11.8 Å². The van der Waals surface area contributed by atoms with E-state index in [-0.39, 0.29) is 11.2 Å². The van der Waals surface area contributed by atoms with Gasteiger partial charge in [0.25, 0.3) is 0 Å². The Hall–Kier alpha value is -1.94. The fraction of sp³-hybridized carbons (Fsp3) is 0.567. The molecule has 1 amide bonds. The molecular formula is C30H45NO2S. The predicted molar refractivity (Wildman–Crippen MR) is 149 cm³/mol. The van der Waals surface area contributed by atoms with Gasteiger partial charge in [-0.25, -0.2) is 0 Å². The summed E-state index contributed by atoms with van der Waals surface area (Å²) in [4.78, 5) is 13.4. The first-order valence-electron chi connectivity index (χ1n) is 13.1. The number of ether oxygens (including phenoxy) is 1. The van der Waals surface area contributed by atoms with Crippen LogP contribution in [0.3, 0.4) is 0 Å². The van der Waals surface area contributed by atoms with Gasteiger partial charge in [-0.3, -0.25) is 4.79 Å². The molecule has 0 bridgehead atoms. The van der Waals surface area contributed by atoms with E-state index in [4.69, 9.17) is 4.74 Å². The highest BCUT2D eigenvalue weighted by Gasteiger charge is 2.22. The van der Waals surface area contributed by atoms with E-state index in [2.05, 4.69) is 45.1 Å². The van der Waals surface area contributed by atoms with E-state index in [1.54, 1.807) is 18.9 Å². The van der Waals surface area contributed by atoms with Gasteiger partial charge in [0, 0.05) is 5.69 Å². The van der Waals surface area contributed by atoms with Gasteiger partial charge >= 0.3 is 0 Å². The Morgan fingerprint density at radius 1 is 0.882 bits per heavy atom. The molecule has 188 valence electrons. The van der Waals surface area contributed by atoms with E-state index in [9.17, 15) is 4.79 Å². The number of rotatable bonds is 16. The molecule has 0 aliphatic carbocycles. The first-order valence-corrected chi connectivity index (χ1v) is 14.2. The number of carbonyl (C=O) groups is 1. The zero-order chi connectivity index (χ0) is 24.8. The lowest BCUT2D eigenvalue weighted by Gasteiger charge is -2.19. The normalized spacial score (nSPS) is 11.9. The molecule has 2 aromatic rings. The minimum Gasteiger partial charge on any atom is -0.497 e. The van der Waals surface area contributed by atoms with Crippen LogP contribution in [0.1, 0.15) is 98.6 Å². The molecular weight excluding hydrogens is 438 g/mol. The highest BCUT2D eigenvalue weighted by Crippen LogP contribution is 2.33.